The summed E-state index contributed by atoms with van der Waals surface area (Å²) in [5.74, 6) is 0. The molecule has 0 aliphatic heterocycles. The highest BCUT2D eigenvalue weighted by Crippen LogP contribution is 2.17. The van der Waals surface area contributed by atoms with E-state index in [1.807, 2.05) is 6.07 Å². The molecule has 62 valence electrons. The molecule has 0 fully saturated rings. The number of aromatic nitrogens is 3. The van der Waals surface area contributed by atoms with E-state index in [9.17, 15) is 0 Å². The molecule has 0 aliphatic rings. The van der Waals surface area contributed by atoms with Crippen LogP contribution in [0.15, 0.2) is 12.3 Å². The molecule has 0 saturated carbocycles. The Morgan fingerprint density at radius 1 is 1.27 bits per heavy atom. The standard InChI is InChI=1S/C7H11N3.CH4/c1-7(2,3)6-4-5-8-10-9-6;/h4-5H,1-3H3;1H4. The Morgan fingerprint density at radius 2 is 1.91 bits per heavy atom. The van der Waals surface area contributed by atoms with Crippen molar-refractivity contribution in [3.8, 4) is 0 Å². The van der Waals surface area contributed by atoms with Gasteiger partial charge in [0.25, 0.3) is 0 Å². The maximum Gasteiger partial charge on any atom is 0.0718 e. The molecular weight excluding hydrogens is 138 g/mol. The van der Waals surface area contributed by atoms with Crippen LogP contribution in [0.3, 0.4) is 0 Å². The van der Waals surface area contributed by atoms with Gasteiger partial charge >= 0.3 is 0 Å². The highest BCUT2D eigenvalue weighted by atomic mass is 15.3. The number of nitrogens with zero attached hydrogens (tertiary/aromatic N) is 3. The van der Waals surface area contributed by atoms with Gasteiger partial charge in [-0.05, 0) is 11.3 Å². The minimum absolute atomic E-state index is 0. The van der Waals surface area contributed by atoms with Crippen molar-refractivity contribution in [2.75, 3.05) is 0 Å². The molecule has 11 heavy (non-hydrogen) atoms. The highest BCUT2D eigenvalue weighted by Gasteiger charge is 2.14. The fraction of sp³-hybridized carbons (Fsp3) is 0.625. The minimum atomic E-state index is 0. The molecule has 1 heterocycles. The Hall–Kier alpha value is -0.990. The zero-order valence-electron chi connectivity index (χ0n) is 6.50. The van der Waals surface area contributed by atoms with Crippen LogP contribution in [0.5, 0.6) is 0 Å². The molecule has 0 saturated heterocycles. The van der Waals surface area contributed by atoms with Crippen LogP contribution in [0.4, 0.5) is 0 Å². The van der Waals surface area contributed by atoms with Crippen molar-refractivity contribution in [3.05, 3.63) is 18.0 Å². The van der Waals surface area contributed by atoms with E-state index in [1.165, 1.54) is 0 Å². The number of hydrogen-bond donors (Lipinski definition) is 0. The predicted molar refractivity (Wildman–Crippen MR) is 45.3 cm³/mol. The van der Waals surface area contributed by atoms with E-state index in [0.29, 0.717) is 0 Å². The molecule has 0 unspecified atom stereocenters. The second-order valence-corrected chi connectivity index (χ2v) is 3.26. The molecule has 0 N–H and O–H groups in total. The number of hydrogen-bond acceptors (Lipinski definition) is 3. The van der Waals surface area contributed by atoms with Gasteiger partial charge in [0.1, 0.15) is 0 Å². The first-order valence-electron chi connectivity index (χ1n) is 3.25. The molecule has 0 atom stereocenters. The summed E-state index contributed by atoms with van der Waals surface area (Å²) in [6, 6.07) is 1.88. The first-order valence-corrected chi connectivity index (χ1v) is 3.25. The minimum Gasteiger partial charge on any atom is -0.139 e. The summed E-state index contributed by atoms with van der Waals surface area (Å²) in [5.41, 5.74) is 1.05. The Morgan fingerprint density at radius 3 is 2.18 bits per heavy atom. The van der Waals surface area contributed by atoms with Crippen molar-refractivity contribution >= 4 is 0 Å². The molecule has 0 radical (unpaired) electrons. The van der Waals surface area contributed by atoms with Gasteiger partial charge in [-0.2, -0.15) is 0 Å². The van der Waals surface area contributed by atoms with Crippen LogP contribution >= 0.6 is 0 Å². The molecule has 0 spiro atoms. The van der Waals surface area contributed by atoms with E-state index in [1.54, 1.807) is 6.20 Å². The summed E-state index contributed by atoms with van der Waals surface area (Å²) in [6.07, 6.45) is 1.66. The van der Waals surface area contributed by atoms with E-state index < -0.39 is 0 Å². The second kappa shape index (κ2) is 3.42. The van der Waals surface area contributed by atoms with Crippen LogP contribution in [0, 0.1) is 0 Å². The van der Waals surface area contributed by atoms with Crippen LogP contribution in [0.25, 0.3) is 0 Å². The van der Waals surface area contributed by atoms with Crippen molar-refractivity contribution in [3.63, 3.8) is 0 Å². The normalized spacial score (nSPS) is 10.5. The SMILES string of the molecule is C.CC(C)(C)c1ccnnn1. The van der Waals surface area contributed by atoms with Gasteiger partial charge in [0.15, 0.2) is 0 Å². The average Bonchev–Trinajstić information content (AvgIpc) is 1.88. The van der Waals surface area contributed by atoms with Crippen LogP contribution in [0.2, 0.25) is 0 Å². The van der Waals surface area contributed by atoms with Gasteiger partial charge < -0.3 is 0 Å². The topological polar surface area (TPSA) is 38.7 Å². The zero-order valence-corrected chi connectivity index (χ0v) is 6.50. The predicted octanol–water partition coefficient (Wildman–Crippen LogP) is 1.81. The van der Waals surface area contributed by atoms with Gasteiger partial charge in [0.2, 0.25) is 0 Å². The molecular formula is C8H15N3. The summed E-state index contributed by atoms with van der Waals surface area (Å²) in [7, 11) is 0. The molecule has 1 aromatic heterocycles. The third-order valence-electron chi connectivity index (χ3n) is 1.27. The maximum atomic E-state index is 3.89. The summed E-state index contributed by atoms with van der Waals surface area (Å²) < 4.78 is 0. The van der Waals surface area contributed by atoms with Crippen molar-refractivity contribution in [1.82, 2.24) is 15.4 Å². The van der Waals surface area contributed by atoms with Gasteiger partial charge in [0, 0.05) is 5.41 Å². The fourth-order valence-electron chi connectivity index (χ4n) is 0.641. The summed E-state index contributed by atoms with van der Waals surface area (Å²) >= 11 is 0. The lowest BCUT2D eigenvalue weighted by molar-refractivity contribution is 0.550. The lowest BCUT2D eigenvalue weighted by atomic mass is 9.92. The third kappa shape index (κ3) is 2.62. The molecule has 0 aromatic carbocycles. The van der Waals surface area contributed by atoms with E-state index in [4.69, 9.17) is 0 Å². The smallest absolute Gasteiger partial charge is 0.0718 e. The average molecular weight is 153 g/mol. The van der Waals surface area contributed by atoms with Gasteiger partial charge in [0.05, 0.1) is 11.9 Å². The van der Waals surface area contributed by atoms with E-state index >= 15 is 0 Å². The van der Waals surface area contributed by atoms with Crippen LogP contribution in [-0.2, 0) is 5.41 Å². The molecule has 3 heteroatoms. The molecule has 0 amide bonds. The summed E-state index contributed by atoms with van der Waals surface area (Å²) in [6.45, 7) is 6.28. The van der Waals surface area contributed by atoms with Gasteiger partial charge in [-0.15, -0.1) is 10.2 Å². The highest BCUT2D eigenvalue weighted by molar-refractivity contribution is 5.07. The Balaban J connectivity index is 0.000001000. The summed E-state index contributed by atoms with van der Waals surface area (Å²) in [5, 5.41) is 11.0. The van der Waals surface area contributed by atoms with Crippen molar-refractivity contribution in [1.29, 1.82) is 0 Å². The number of rotatable bonds is 0. The largest absolute Gasteiger partial charge is 0.139 e. The quantitative estimate of drug-likeness (QED) is 0.570. The Labute approximate surface area is 67.9 Å². The van der Waals surface area contributed by atoms with E-state index in [2.05, 4.69) is 36.2 Å². The van der Waals surface area contributed by atoms with E-state index in [-0.39, 0.29) is 12.8 Å². The molecule has 0 bridgehead atoms. The van der Waals surface area contributed by atoms with Crippen molar-refractivity contribution < 1.29 is 0 Å². The molecule has 1 rings (SSSR count). The van der Waals surface area contributed by atoms with Crippen molar-refractivity contribution in [2.45, 2.75) is 33.6 Å². The molecule has 3 nitrogen and oxygen atoms in total. The molecule has 0 aliphatic carbocycles. The Kier molecular flexibility index (Phi) is 3.11. The van der Waals surface area contributed by atoms with Crippen molar-refractivity contribution in [2.24, 2.45) is 0 Å². The van der Waals surface area contributed by atoms with Gasteiger partial charge in [-0.3, -0.25) is 0 Å². The third-order valence-corrected chi connectivity index (χ3v) is 1.27. The van der Waals surface area contributed by atoms with Gasteiger partial charge in [-0.1, -0.05) is 28.2 Å². The zero-order chi connectivity index (χ0) is 7.61. The summed E-state index contributed by atoms with van der Waals surface area (Å²) in [4.78, 5) is 0. The van der Waals surface area contributed by atoms with E-state index in [0.717, 1.165) is 5.69 Å². The van der Waals surface area contributed by atoms with Gasteiger partial charge in [-0.25, -0.2) is 0 Å². The first-order chi connectivity index (χ1) is 4.61. The van der Waals surface area contributed by atoms with Crippen LogP contribution < -0.4 is 0 Å². The lowest BCUT2D eigenvalue weighted by Gasteiger charge is -2.14. The Bertz CT molecular complexity index is 200. The fourth-order valence-corrected chi connectivity index (χ4v) is 0.641. The second-order valence-electron chi connectivity index (χ2n) is 3.26. The molecule has 1 aromatic rings. The lowest BCUT2D eigenvalue weighted by Crippen LogP contribution is -2.14. The monoisotopic (exact) mass is 153 g/mol. The van der Waals surface area contributed by atoms with Crippen LogP contribution in [0.1, 0.15) is 33.9 Å². The maximum absolute atomic E-state index is 3.89. The first kappa shape index (κ1) is 10.0. The van der Waals surface area contributed by atoms with Crippen LogP contribution in [-0.4, -0.2) is 15.4 Å².